The molecule has 1 nitrogen and oxygen atoms in total. The van der Waals surface area contributed by atoms with Crippen molar-refractivity contribution < 1.29 is 0 Å². The second-order valence-corrected chi connectivity index (χ2v) is 4.03. The number of rotatable bonds is 4. The summed E-state index contributed by atoms with van der Waals surface area (Å²) in [5, 5.41) is 0. The summed E-state index contributed by atoms with van der Waals surface area (Å²) in [6, 6.07) is 8.53. The van der Waals surface area contributed by atoms with Crippen LogP contribution >= 0.6 is 0 Å². The molecular formula is C13H19N. The van der Waals surface area contributed by atoms with E-state index in [1.165, 1.54) is 16.7 Å². The summed E-state index contributed by atoms with van der Waals surface area (Å²) in [4.78, 5) is 2.18. The summed E-state index contributed by atoms with van der Waals surface area (Å²) in [6.07, 6.45) is 1.04. The Labute approximate surface area is 87.1 Å². The standard InChI is InChI=1S/C13H19N/c1-11-6-5-7-13(10-11)12(2)8-9-14(3)4/h5-7,10H,2,8-9H2,1,3-4H3. The van der Waals surface area contributed by atoms with Gasteiger partial charge < -0.3 is 4.90 Å². The first kappa shape index (κ1) is 11.0. The molecule has 0 unspecified atom stereocenters. The summed E-state index contributed by atoms with van der Waals surface area (Å²) in [6.45, 7) is 7.29. The average molecular weight is 189 g/mol. The summed E-state index contributed by atoms with van der Waals surface area (Å²) in [5.74, 6) is 0. The van der Waals surface area contributed by atoms with Crippen LogP contribution in [0.2, 0.25) is 0 Å². The fraction of sp³-hybridized carbons (Fsp3) is 0.385. The molecule has 76 valence electrons. The van der Waals surface area contributed by atoms with Crippen LogP contribution in [-0.4, -0.2) is 25.5 Å². The molecule has 0 amide bonds. The molecule has 0 N–H and O–H groups in total. The topological polar surface area (TPSA) is 3.24 Å². The van der Waals surface area contributed by atoms with Crippen LogP contribution in [0.25, 0.3) is 5.57 Å². The van der Waals surface area contributed by atoms with Gasteiger partial charge in [-0.3, -0.25) is 0 Å². The molecule has 1 aromatic rings. The quantitative estimate of drug-likeness (QED) is 0.704. The van der Waals surface area contributed by atoms with Crippen molar-refractivity contribution in [2.75, 3.05) is 20.6 Å². The maximum atomic E-state index is 4.11. The van der Waals surface area contributed by atoms with Crippen LogP contribution in [0, 0.1) is 6.92 Å². The van der Waals surface area contributed by atoms with E-state index in [9.17, 15) is 0 Å². The van der Waals surface area contributed by atoms with Gasteiger partial charge in [0.15, 0.2) is 0 Å². The highest BCUT2D eigenvalue weighted by Crippen LogP contribution is 2.17. The molecule has 0 atom stereocenters. The first-order valence-corrected chi connectivity index (χ1v) is 4.99. The van der Waals surface area contributed by atoms with E-state index in [-0.39, 0.29) is 0 Å². The van der Waals surface area contributed by atoms with Gasteiger partial charge in [-0.25, -0.2) is 0 Å². The van der Waals surface area contributed by atoms with Gasteiger partial charge in [0.1, 0.15) is 0 Å². The minimum absolute atomic E-state index is 1.04. The highest BCUT2D eigenvalue weighted by molar-refractivity contribution is 5.63. The van der Waals surface area contributed by atoms with Crippen molar-refractivity contribution in [3.05, 3.63) is 42.0 Å². The predicted molar refractivity (Wildman–Crippen MR) is 63.4 cm³/mol. The number of hydrogen-bond acceptors (Lipinski definition) is 1. The summed E-state index contributed by atoms with van der Waals surface area (Å²) in [7, 11) is 4.17. The van der Waals surface area contributed by atoms with Crippen molar-refractivity contribution in [1.82, 2.24) is 4.90 Å². The Morgan fingerprint density at radius 1 is 1.36 bits per heavy atom. The molecule has 1 aromatic carbocycles. The van der Waals surface area contributed by atoms with Gasteiger partial charge in [0.05, 0.1) is 0 Å². The van der Waals surface area contributed by atoms with Crippen LogP contribution in [0.5, 0.6) is 0 Å². The van der Waals surface area contributed by atoms with Gasteiger partial charge >= 0.3 is 0 Å². The van der Waals surface area contributed by atoms with Crippen molar-refractivity contribution in [3.63, 3.8) is 0 Å². The van der Waals surface area contributed by atoms with Gasteiger partial charge in [-0.15, -0.1) is 0 Å². The van der Waals surface area contributed by atoms with Crippen molar-refractivity contribution >= 4 is 5.57 Å². The molecule has 0 aliphatic heterocycles. The molecule has 14 heavy (non-hydrogen) atoms. The van der Waals surface area contributed by atoms with Gasteiger partial charge in [0.25, 0.3) is 0 Å². The molecule has 0 aliphatic rings. The number of aryl methyl sites for hydroxylation is 1. The molecule has 0 fully saturated rings. The maximum absolute atomic E-state index is 4.11. The van der Waals surface area contributed by atoms with E-state index in [0.29, 0.717) is 0 Å². The fourth-order valence-corrected chi connectivity index (χ4v) is 1.37. The van der Waals surface area contributed by atoms with E-state index in [2.05, 4.69) is 56.8 Å². The lowest BCUT2D eigenvalue weighted by molar-refractivity contribution is 0.419. The lowest BCUT2D eigenvalue weighted by Gasteiger charge is -2.11. The number of nitrogens with zero attached hydrogens (tertiary/aromatic N) is 1. The smallest absolute Gasteiger partial charge is 0.00157 e. The molecule has 0 heterocycles. The second kappa shape index (κ2) is 4.97. The average Bonchev–Trinajstić information content (AvgIpc) is 2.14. The van der Waals surface area contributed by atoms with Crippen molar-refractivity contribution in [3.8, 4) is 0 Å². The van der Waals surface area contributed by atoms with Gasteiger partial charge in [0, 0.05) is 6.54 Å². The lowest BCUT2D eigenvalue weighted by Crippen LogP contribution is -2.13. The molecule has 0 aromatic heterocycles. The van der Waals surface area contributed by atoms with Gasteiger partial charge in [-0.1, -0.05) is 36.4 Å². The van der Waals surface area contributed by atoms with Gasteiger partial charge in [0.2, 0.25) is 0 Å². The van der Waals surface area contributed by atoms with Crippen LogP contribution in [-0.2, 0) is 0 Å². The minimum atomic E-state index is 1.04. The van der Waals surface area contributed by atoms with Crippen molar-refractivity contribution in [2.24, 2.45) is 0 Å². The maximum Gasteiger partial charge on any atom is 0.00157 e. The Morgan fingerprint density at radius 3 is 2.64 bits per heavy atom. The van der Waals surface area contributed by atoms with Gasteiger partial charge in [-0.05, 0) is 38.6 Å². The largest absolute Gasteiger partial charge is 0.309 e. The molecule has 0 bridgehead atoms. The number of benzene rings is 1. The normalized spacial score (nSPS) is 10.6. The summed E-state index contributed by atoms with van der Waals surface area (Å²) < 4.78 is 0. The van der Waals surface area contributed by atoms with E-state index in [0.717, 1.165) is 13.0 Å². The molecule has 1 heteroatoms. The first-order valence-electron chi connectivity index (χ1n) is 4.99. The monoisotopic (exact) mass is 189 g/mol. The Hall–Kier alpha value is -1.08. The second-order valence-electron chi connectivity index (χ2n) is 4.03. The van der Waals surface area contributed by atoms with E-state index in [4.69, 9.17) is 0 Å². The third-order valence-electron chi connectivity index (χ3n) is 2.29. The first-order chi connectivity index (χ1) is 6.59. The van der Waals surface area contributed by atoms with E-state index in [1.54, 1.807) is 0 Å². The Balaban J connectivity index is 2.61. The predicted octanol–water partition coefficient (Wildman–Crippen LogP) is 2.96. The zero-order valence-electron chi connectivity index (χ0n) is 9.38. The molecular weight excluding hydrogens is 170 g/mol. The molecule has 0 saturated heterocycles. The Kier molecular flexibility index (Phi) is 3.90. The Morgan fingerprint density at radius 2 is 2.07 bits per heavy atom. The SMILES string of the molecule is C=C(CCN(C)C)c1cccc(C)c1. The molecule has 0 saturated carbocycles. The summed E-state index contributed by atoms with van der Waals surface area (Å²) in [5.41, 5.74) is 3.79. The summed E-state index contributed by atoms with van der Waals surface area (Å²) >= 11 is 0. The third kappa shape index (κ3) is 3.35. The van der Waals surface area contributed by atoms with E-state index < -0.39 is 0 Å². The molecule has 0 radical (unpaired) electrons. The molecule has 0 spiro atoms. The van der Waals surface area contributed by atoms with Crippen LogP contribution in [0.1, 0.15) is 17.5 Å². The highest BCUT2D eigenvalue weighted by atomic mass is 15.0. The molecule has 1 rings (SSSR count). The van der Waals surface area contributed by atoms with Crippen LogP contribution in [0.3, 0.4) is 0 Å². The van der Waals surface area contributed by atoms with Gasteiger partial charge in [-0.2, -0.15) is 0 Å². The third-order valence-corrected chi connectivity index (χ3v) is 2.29. The van der Waals surface area contributed by atoms with E-state index >= 15 is 0 Å². The Bertz CT molecular complexity index is 313. The van der Waals surface area contributed by atoms with Crippen LogP contribution < -0.4 is 0 Å². The van der Waals surface area contributed by atoms with E-state index in [1.807, 2.05) is 0 Å². The van der Waals surface area contributed by atoms with Crippen LogP contribution in [0.15, 0.2) is 30.8 Å². The van der Waals surface area contributed by atoms with Crippen molar-refractivity contribution in [1.29, 1.82) is 0 Å². The lowest BCUT2D eigenvalue weighted by atomic mass is 10.0. The number of hydrogen-bond donors (Lipinski definition) is 0. The van der Waals surface area contributed by atoms with Crippen LogP contribution in [0.4, 0.5) is 0 Å². The highest BCUT2D eigenvalue weighted by Gasteiger charge is 1.99. The van der Waals surface area contributed by atoms with Crippen molar-refractivity contribution in [2.45, 2.75) is 13.3 Å². The zero-order chi connectivity index (χ0) is 10.6. The minimum Gasteiger partial charge on any atom is -0.309 e. The fourth-order valence-electron chi connectivity index (χ4n) is 1.37. The zero-order valence-corrected chi connectivity index (χ0v) is 9.38. The molecule has 0 aliphatic carbocycles.